The van der Waals surface area contributed by atoms with Gasteiger partial charge in [-0.25, -0.2) is 13.2 Å². The number of sulfonamides is 1. The number of aliphatic hydroxyl groups is 1. The van der Waals surface area contributed by atoms with E-state index in [1.807, 2.05) is 13.0 Å². The summed E-state index contributed by atoms with van der Waals surface area (Å²) in [6, 6.07) is 15.2. The average Bonchev–Trinajstić information content (AvgIpc) is 3.23. The van der Waals surface area contributed by atoms with Crippen molar-refractivity contribution in [3.63, 3.8) is 0 Å². The molecular weight excluding hydrogens is 528 g/mol. The zero-order valence-corrected chi connectivity index (χ0v) is 22.8. The monoisotopic (exact) mass is 560 g/mol. The molecule has 210 valence electrons. The minimum absolute atomic E-state index is 0.00642. The number of nitrogens with zero attached hydrogens (tertiary/aromatic N) is 1. The van der Waals surface area contributed by atoms with Gasteiger partial charge in [0.05, 0.1) is 37.5 Å². The smallest absolute Gasteiger partial charge is 0.408 e. The predicted octanol–water partition coefficient (Wildman–Crippen LogP) is 1.77. The number of alkyl carbamates (subject to hydrolysis) is 1. The second-order valence-corrected chi connectivity index (χ2v) is 11.9. The van der Waals surface area contributed by atoms with E-state index in [-0.39, 0.29) is 24.3 Å². The molecule has 1 saturated carbocycles. The van der Waals surface area contributed by atoms with Gasteiger partial charge in [0.15, 0.2) is 5.60 Å². The van der Waals surface area contributed by atoms with Gasteiger partial charge in [-0.15, -0.1) is 0 Å². The van der Waals surface area contributed by atoms with Crippen LogP contribution in [-0.2, 0) is 40.4 Å². The lowest BCUT2D eigenvalue weighted by atomic mass is 9.64. The number of esters is 2. The Morgan fingerprint density at radius 3 is 2.13 bits per heavy atom. The molecule has 0 spiro atoms. The third-order valence-electron chi connectivity index (χ3n) is 7.55. The van der Waals surface area contributed by atoms with Gasteiger partial charge in [-0.2, -0.15) is 4.31 Å². The summed E-state index contributed by atoms with van der Waals surface area (Å²) in [5, 5.41) is 14.6. The van der Waals surface area contributed by atoms with E-state index in [1.54, 1.807) is 36.4 Å². The number of β-amino-alcohol motifs (C(OH)–C–C–N with tert-alkyl or cyclic N) is 1. The van der Waals surface area contributed by atoms with Crippen molar-refractivity contribution in [2.75, 3.05) is 27.3 Å². The van der Waals surface area contributed by atoms with Crippen LogP contribution in [0.3, 0.4) is 0 Å². The zero-order valence-electron chi connectivity index (χ0n) is 22.0. The highest BCUT2D eigenvalue weighted by molar-refractivity contribution is 7.89. The molecule has 2 N–H and O–H groups in total. The highest BCUT2D eigenvalue weighted by Crippen LogP contribution is 2.51. The van der Waals surface area contributed by atoms with Crippen molar-refractivity contribution >= 4 is 28.1 Å². The maximum absolute atomic E-state index is 13.6. The maximum atomic E-state index is 13.6. The number of ether oxygens (including phenoxy) is 3. The summed E-state index contributed by atoms with van der Waals surface area (Å²) in [4.78, 5) is 38.4. The summed E-state index contributed by atoms with van der Waals surface area (Å²) in [6.45, 7) is 1.04. The van der Waals surface area contributed by atoms with E-state index in [1.165, 1.54) is 12.1 Å². The Morgan fingerprint density at radius 1 is 0.949 bits per heavy atom. The Bertz CT molecular complexity index is 1330. The fourth-order valence-electron chi connectivity index (χ4n) is 5.41. The molecule has 4 rings (SSSR count). The van der Waals surface area contributed by atoms with Gasteiger partial charge in [-0.3, -0.25) is 9.59 Å². The van der Waals surface area contributed by atoms with E-state index >= 15 is 0 Å². The molecule has 12 heteroatoms. The van der Waals surface area contributed by atoms with Gasteiger partial charge in [0.1, 0.15) is 5.60 Å². The maximum Gasteiger partial charge on any atom is 0.408 e. The van der Waals surface area contributed by atoms with Crippen molar-refractivity contribution < 1.29 is 42.1 Å². The molecular formula is C27H32N2O9S. The van der Waals surface area contributed by atoms with Crippen molar-refractivity contribution in [2.24, 2.45) is 11.8 Å². The van der Waals surface area contributed by atoms with Crippen LogP contribution in [0.5, 0.6) is 0 Å². The molecule has 2 fully saturated rings. The summed E-state index contributed by atoms with van der Waals surface area (Å²) >= 11 is 0. The Morgan fingerprint density at radius 2 is 1.54 bits per heavy atom. The first-order valence-electron chi connectivity index (χ1n) is 12.4. The molecule has 1 amide bonds. The first-order chi connectivity index (χ1) is 18.4. The van der Waals surface area contributed by atoms with Gasteiger partial charge in [0, 0.05) is 19.5 Å². The van der Waals surface area contributed by atoms with E-state index in [0.717, 1.165) is 29.7 Å². The van der Waals surface area contributed by atoms with Crippen LogP contribution in [0.2, 0.25) is 0 Å². The quantitative estimate of drug-likeness (QED) is 0.382. The van der Waals surface area contributed by atoms with Gasteiger partial charge in [0.2, 0.25) is 10.0 Å². The van der Waals surface area contributed by atoms with E-state index in [0.29, 0.717) is 0 Å². The normalized spacial score (nSPS) is 26.8. The number of carbonyl (C=O) groups is 3. The van der Waals surface area contributed by atoms with Crippen LogP contribution >= 0.6 is 0 Å². The number of hydrogen-bond acceptors (Lipinski definition) is 9. The minimum Gasteiger partial charge on any atom is -0.469 e. The first-order valence-corrected chi connectivity index (χ1v) is 13.8. The number of carbonyl (C=O) groups excluding carboxylic acids is 3. The van der Waals surface area contributed by atoms with Crippen LogP contribution in [0.25, 0.3) is 0 Å². The topological polar surface area (TPSA) is 149 Å². The molecule has 0 bridgehead atoms. The van der Waals surface area contributed by atoms with Crippen molar-refractivity contribution in [2.45, 2.75) is 42.4 Å². The molecule has 39 heavy (non-hydrogen) atoms. The van der Waals surface area contributed by atoms with Gasteiger partial charge in [0.25, 0.3) is 0 Å². The van der Waals surface area contributed by atoms with Crippen molar-refractivity contribution in [1.29, 1.82) is 0 Å². The number of amides is 1. The van der Waals surface area contributed by atoms with Crippen LogP contribution in [-0.4, -0.2) is 74.4 Å². The Hall–Kier alpha value is -3.48. The molecule has 1 aliphatic heterocycles. The van der Waals surface area contributed by atoms with Crippen molar-refractivity contribution in [3.8, 4) is 0 Å². The summed E-state index contributed by atoms with van der Waals surface area (Å²) in [6.07, 6.45) is -1.65. The van der Waals surface area contributed by atoms with Crippen LogP contribution in [0.1, 0.15) is 24.0 Å². The summed E-state index contributed by atoms with van der Waals surface area (Å²) in [5.74, 6) is -3.81. The van der Waals surface area contributed by atoms with Gasteiger partial charge < -0.3 is 24.6 Å². The van der Waals surface area contributed by atoms with E-state index < -0.39 is 64.2 Å². The molecule has 0 aromatic heterocycles. The Balaban J connectivity index is 1.70. The lowest BCUT2D eigenvalue weighted by molar-refractivity contribution is -0.192. The summed E-state index contributed by atoms with van der Waals surface area (Å²) in [5.41, 5.74) is -2.20. The highest BCUT2D eigenvalue weighted by atomic mass is 32.2. The van der Waals surface area contributed by atoms with Crippen LogP contribution < -0.4 is 5.32 Å². The average molecular weight is 561 g/mol. The summed E-state index contributed by atoms with van der Waals surface area (Å²) < 4.78 is 43.8. The third kappa shape index (κ3) is 5.49. The number of benzene rings is 2. The molecule has 2 aromatic rings. The van der Waals surface area contributed by atoms with E-state index in [4.69, 9.17) is 14.2 Å². The lowest BCUT2D eigenvalue weighted by Gasteiger charge is -2.48. The van der Waals surface area contributed by atoms with E-state index in [2.05, 4.69) is 5.32 Å². The first kappa shape index (κ1) is 28.5. The standard InChI is InChI=1S/C27H32N2O9S/c1-18-9-11-20(12-10-18)39(34,35)29-16-26(33)13-21(23(30)36-2)22(24(31)37-3)14-27(26,17-29)38-25(32)28-15-19-7-5-4-6-8-19/h4-12,21-22,33H,13-17H2,1-3H3,(H,28,32)/t21-,22+,26+,27-/m0/s1. The molecule has 2 aromatic carbocycles. The number of rotatable bonds is 7. The van der Waals surface area contributed by atoms with Crippen LogP contribution in [0, 0.1) is 18.8 Å². The molecule has 1 heterocycles. The van der Waals surface area contributed by atoms with Crippen LogP contribution in [0.4, 0.5) is 4.79 Å². The second-order valence-electron chi connectivity index (χ2n) is 10.0. The van der Waals surface area contributed by atoms with Gasteiger partial charge in [-0.05, 0) is 31.0 Å². The van der Waals surface area contributed by atoms with E-state index in [9.17, 15) is 27.9 Å². The molecule has 2 aliphatic rings. The predicted molar refractivity (Wildman–Crippen MR) is 138 cm³/mol. The Kier molecular flexibility index (Phi) is 8.01. The largest absolute Gasteiger partial charge is 0.469 e. The number of hydrogen-bond donors (Lipinski definition) is 2. The fraction of sp³-hybridized carbons (Fsp3) is 0.444. The van der Waals surface area contributed by atoms with Crippen molar-refractivity contribution in [1.82, 2.24) is 9.62 Å². The lowest BCUT2D eigenvalue weighted by Crippen LogP contribution is -2.64. The fourth-order valence-corrected chi connectivity index (χ4v) is 6.95. The molecule has 0 radical (unpaired) electrons. The minimum atomic E-state index is -4.14. The number of nitrogens with one attached hydrogen (secondary N) is 1. The molecule has 11 nitrogen and oxygen atoms in total. The number of fused-ring (bicyclic) bond motifs is 1. The SMILES string of the molecule is COC(=O)[C@H]1C[C@@]2(O)CN(S(=O)(=O)c3ccc(C)cc3)C[C@@]2(OC(=O)NCc2ccccc2)C[C@H]1C(=O)OC. The van der Waals surface area contributed by atoms with Gasteiger partial charge in [-0.1, -0.05) is 48.0 Å². The molecule has 1 saturated heterocycles. The molecule has 4 atom stereocenters. The van der Waals surface area contributed by atoms with Gasteiger partial charge >= 0.3 is 18.0 Å². The highest BCUT2D eigenvalue weighted by Gasteiger charge is 2.68. The molecule has 1 aliphatic carbocycles. The third-order valence-corrected chi connectivity index (χ3v) is 9.35. The number of methoxy groups -OCH3 is 2. The summed E-state index contributed by atoms with van der Waals surface area (Å²) in [7, 11) is -1.83. The molecule has 0 unspecified atom stereocenters. The van der Waals surface area contributed by atoms with Crippen LogP contribution in [0.15, 0.2) is 59.5 Å². The Labute approximate surface area is 227 Å². The van der Waals surface area contributed by atoms with Crippen molar-refractivity contribution in [3.05, 3.63) is 65.7 Å². The second kappa shape index (κ2) is 10.9. The number of aryl methyl sites for hydroxylation is 1. The zero-order chi connectivity index (χ0) is 28.4.